The Morgan fingerprint density at radius 3 is 1.62 bits per heavy atom. The van der Waals surface area contributed by atoms with Gasteiger partial charge in [-0.15, -0.1) is 0 Å². The highest BCUT2D eigenvalue weighted by Crippen LogP contribution is 2.46. The Balaban J connectivity index is 0.934. The molecule has 0 aliphatic carbocycles. The number of rotatable bonds is 8. The zero-order valence-electron chi connectivity index (χ0n) is 38.7. The molecular weight excluding hydrogens is 861 g/mol. The van der Waals surface area contributed by atoms with Gasteiger partial charge in [0.1, 0.15) is 11.2 Å². The summed E-state index contributed by atoms with van der Waals surface area (Å²) in [5.41, 5.74) is 17.6. The number of fused-ring (bicyclic) bond motifs is 9. The molecule has 14 aromatic rings. The minimum absolute atomic E-state index is 0.896. The summed E-state index contributed by atoms with van der Waals surface area (Å²) in [6.45, 7) is 0. The Labute approximate surface area is 411 Å². The minimum Gasteiger partial charge on any atom is -0.455 e. The first kappa shape index (κ1) is 40.6. The number of hydrogen-bond acceptors (Lipinski definition) is 2. The number of nitrogens with zero attached hydrogens (tertiary/aromatic N) is 2. The normalized spacial score (nSPS) is 11.7. The third-order valence-electron chi connectivity index (χ3n) is 14.4. The van der Waals surface area contributed by atoms with Crippen LogP contribution in [-0.2, 0) is 0 Å². The number of benzene rings is 12. The molecule has 3 heteroatoms. The quantitative estimate of drug-likeness (QED) is 0.142. The molecule has 3 nitrogen and oxygen atoms in total. The SMILES string of the molecule is c1ccc(-c2ccc(-c3cccc4c3ccc3ccccc34)cc2N(c2ccc(-c3cccc(-n4c5ccccc5c5ccccc54)c3)cc2)c2ccc(-c3cccc4c3oc3ccccc34)cc2)cc1. The van der Waals surface area contributed by atoms with Gasteiger partial charge in [0.15, 0.2) is 0 Å². The van der Waals surface area contributed by atoms with Crippen molar-refractivity contribution in [2.24, 2.45) is 0 Å². The molecule has 0 saturated carbocycles. The van der Waals surface area contributed by atoms with Crippen LogP contribution in [0.15, 0.2) is 271 Å². The second-order valence-corrected chi connectivity index (χ2v) is 18.4. The zero-order valence-corrected chi connectivity index (χ0v) is 38.7. The van der Waals surface area contributed by atoms with Gasteiger partial charge in [-0.05, 0) is 116 Å². The fourth-order valence-electron chi connectivity index (χ4n) is 11.1. The van der Waals surface area contributed by atoms with Crippen LogP contribution >= 0.6 is 0 Å². The highest BCUT2D eigenvalue weighted by atomic mass is 16.3. The molecule has 0 radical (unpaired) electrons. The molecule has 14 rings (SSSR count). The Kier molecular flexibility index (Phi) is 9.53. The number of hydrogen-bond donors (Lipinski definition) is 0. The summed E-state index contributed by atoms with van der Waals surface area (Å²) in [7, 11) is 0. The number of furan rings is 1. The van der Waals surface area contributed by atoms with Gasteiger partial charge in [-0.25, -0.2) is 0 Å². The van der Waals surface area contributed by atoms with Crippen LogP contribution in [0, 0.1) is 0 Å². The molecule has 71 heavy (non-hydrogen) atoms. The van der Waals surface area contributed by atoms with E-state index in [1.807, 2.05) is 12.1 Å². The van der Waals surface area contributed by atoms with E-state index in [2.05, 4.69) is 264 Å². The summed E-state index contributed by atoms with van der Waals surface area (Å²) in [5.74, 6) is 0. The zero-order chi connectivity index (χ0) is 46.8. The molecule has 0 unspecified atom stereocenters. The molecule has 0 bridgehead atoms. The lowest BCUT2D eigenvalue weighted by molar-refractivity contribution is 0.670. The molecule has 0 aliphatic heterocycles. The van der Waals surface area contributed by atoms with Crippen molar-refractivity contribution in [1.82, 2.24) is 4.57 Å². The van der Waals surface area contributed by atoms with Crippen LogP contribution < -0.4 is 4.90 Å². The summed E-state index contributed by atoms with van der Waals surface area (Å²) >= 11 is 0. The van der Waals surface area contributed by atoms with Crippen LogP contribution in [0.4, 0.5) is 17.1 Å². The smallest absolute Gasteiger partial charge is 0.143 e. The van der Waals surface area contributed by atoms with E-state index in [0.29, 0.717) is 0 Å². The summed E-state index contributed by atoms with van der Waals surface area (Å²) < 4.78 is 8.92. The van der Waals surface area contributed by atoms with Crippen LogP contribution in [0.25, 0.3) is 115 Å². The van der Waals surface area contributed by atoms with Gasteiger partial charge < -0.3 is 13.9 Å². The van der Waals surface area contributed by atoms with Crippen molar-refractivity contribution < 1.29 is 4.42 Å². The average molecular weight is 905 g/mol. The van der Waals surface area contributed by atoms with Gasteiger partial charge in [0.2, 0.25) is 0 Å². The maximum absolute atomic E-state index is 6.53. The molecular formula is C68H44N2O. The second-order valence-electron chi connectivity index (χ2n) is 18.4. The van der Waals surface area contributed by atoms with E-state index in [9.17, 15) is 0 Å². The van der Waals surface area contributed by atoms with Crippen molar-refractivity contribution in [2.75, 3.05) is 4.90 Å². The van der Waals surface area contributed by atoms with Gasteiger partial charge in [0.25, 0.3) is 0 Å². The van der Waals surface area contributed by atoms with Gasteiger partial charge in [0.05, 0.1) is 16.7 Å². The molecule has 2 heterocycles. The molecule has 2 aromatic heterocycles. The van der Waals surface area contributed by atoms with Crippen molar-refractivity contribution in [3.8, 4) is 50.2 Å². The first-order valence-corrected chi connectivity index (χ1v) is 24.3. The topological polar surface area (TPSA) is 21.3 Å². The Morgan fingerprint density at radius 1 is 0.296 bits per heavy atom. The summed E-state index contributed by atoms with van der Waals surface area (Å²) in [6, 6.07) is 96.8. The average Bonchev–Trinajstić information content (AvgIpc) is 4.00. The van der Waals surface area contributed by atoms with E-state index in [-0.39, 0.29) is 0 Å². The highest BCUT2D eigenvalue weighted by Gasteiger charge is 2.21. The minimum atomic E-state index is 0.896. The lowest BCUT2D eigenvalue weighted by Gasteiger charge is -2.29. The molecule has 0 atom stereocenters. The van der Waals surface area contributed by atoms with Crippen molar-refractivity contribution in [2.45, 2.75) is 0 Å². The van der Waals surface area contributed by atoms with Gasteiger partial charge in [0, 0.05) is 49.7 Å². The van der Waals surface area contributed by atoms with Crippen molar-refractivity contribution in [3.05, 3.63) is 267 Å². The lowest BCUT2D eigenvalue weighted by atomic mass is 9.92. The fraction of sp³-hybridized carbons (Fsp3) is 0. The van der Waals surface area contributed by atoms with Gasteiger partial charge in [-0.3, -0.25) is 0 Å². The van der Waals surface area contributed by atoms with Crippen LogP contribution in [0.1, 0.15) is 0 Å². The molecule has 0 fully saturated rings. The Hall–Kier alpha value is -9.44. The van der Waals surface area contributed by atoms with E-state index >= 15 is 0 Å². The van der Waals surface area contributed by atoms with E-state index in [1.165, 1.54) is 48.9 Å². The summed E-state index contributed by atoms with van der Waals surface area (Å²) in [5, 5.41) is 9.73. The molecule has 0 saturated heterocycles. The van der Waals surface area contributed by atoms with Crippen LogP contribution in [0.2, 0.25) is 0 Å². The Bertz CT molecular complexity index is 4280. The van der Waals surface area contributed by atoms with Crippen molar-refractivity contribution in [3.63, 3.8) is 0 Å². The predicted molar refractivity (Wildman–Crippen MR) is 299 cm³/mol. The first-order valence-electron chi connectivity index (χ1n) is 24.3. The number of anilines is 3. The highest BCUT2D eigenvalue weighted by molar-refractivity contribution is 6.13. The third-order valence-corrected chi connectivity index (χ3v) is 14.4. The number of para-hydroxylation sites is 4. The van der Waals surface area contributed by atoms with Gasteiger partial charge in [-0.1, -0.05) is 206 Å². The second kappa shape index (κ2) is 16.7. The maximum Gasteiger partial charge on any atom is 0.143 e. The van der Waals surface area contributed by atoms with E-state index < -0.39 is 0 Å². The maximum atomic E-state index is 6.53. The van der Waals surface area contributed by atoms with E-state index in [0.717, 1.165) is 83.6 Å². The summed E-state index contributed by atoms with van der Waals surface area (Å²) in [6.07, 6.45) is 0. The molecule has 12 aromatic carbocycles. The summed E-state index contributed by atoms with van der Waals surface area (Å²) in [4.78, 5) is 2.43. The Morgan fingerprint density at radius 2 is 0.859 bits per heavy atom. The van der Waals surface area contributed by atoms with Crippen molar-refractivity contribution >= 4 is 82.4 Å². The monoisotopic (exact) mass is 904 g/mol. The van der Waals surface area contributed by atoms with Gasteiger partial charge in [-0.2, -0.15) is 0 Å². The lowest BCUT2D eigenvalue weighted by Crippen LogP contribution is -2.11. The largest absolute Gasteiger partial charge is 0.455 e. The molecule has 0 aliphatic rings. The molecule has 0 amide bonds. The fourth-order valence-corrected chi connectivity index (χ4v) is 11.1. The van der Waals surface area contributed by atoms with E-state index in [4.69, 9.17) is 4.42 Å². The van der Waals surface area contributed by atoms with Crippen molar-refractivity contribution in [1.29, 1.82) is 0 Å². The van der Waals surface area contributed by atoms with Crippen LogP contribution in [0.5, 0.6) is 0 Å². The standard InChI is InChI=1S/C68H44N2O/c1-2-15-46(16-3-1)56-41-36-50(55-24-13-26-58-54-20-5-4-17-47(54)35-42-59(55)58)44-66(56)69(52-39-33-48(34-40-52)57-25-14-27-63-62-23-8-11-30-67(62)71-68(57)63)51-37-31-45(32-38-51)49-18-12-19-53(43-49)70-64-28-9-6-21-60(64)61-22-7-10-29-65(61)70/h1-44H. The van der Waals surface area contributed by atoms with Gasteiger partial charge >= 0.3 is 0 Å². The first-order chi connectivity index (χ1) is 35.2. The molecule has 0 spiro atoms. The van der Waals surface area contributed by atoms with Crippen LogP contribution in [0.3, 0.4) is 0 Å². The molecule has 332 valence electrons. The predicted octanol–water partition coefficient (Wildman–Crippen LogP) is 19.1. The van der Waals surface area contributed by atoms with Crippen LogP contribution in [-0.4, -0.2) is 4.57 Å². The number of aromatic nitrogens is 1. The third kappa shape index (κ3) is 6.82. The van der Waals surface area contributed by atoms with E-state index in [1.54, 1.807) is 0 Å². The molecule has 0 N–H and O–H groups in total.